The van der Waals surface area contributed by atoms with Crippen molar-refractivity contribution in [2.75, 3.05) is 25.5 Å². The first-order chi connectivity index (χ1) is 10.3. The molecular weight excluding hydrogens is 280 g/mol. The lowest BCUT2D eigenvalue weighted by Crippen LogP contribution is -2.33. The minimum absolute atomic E-state index is 0.101. The van der Waals surface area contributed by atoms with E-state index in [0.29, 0.717) is 6.54 Å². The molecule has 5 heteroatoms. The average Bonchev–Trinajstić information content (AvgIpc) is 2.46. The van der Waals surface area contributed by atoms with E-state index in [1.807, 2.05) is 49.9 Å². The van der Waals surface area contributed by atoms with Crippen LogP contribution in [0.5, 0.6) is 0 Å². The first kappa shape index (κ1) is 16.1. The predicted octanol–water partition coefficient (Wildman–Crippen LogP) is 2.37. The maximum absolute atomic E-state index is 12.1. The summed E-state index contributed by atoms with van der Waals surface area (Å²) in [7, 11) is 3.98. The first-order valence-electron chi connectivity index (χ1n) is 7.37. The van der Waals surface area contributed by atoms with E-state index in [9.17, 15) is 9.59 Å². The number of aliphatic carboxylic acids is 1. The number of carboxylic acid groups (broad SMARTS) is 1. The summed E-state index contributed by atoms with van der Waals surface area (Å²) in [5.74, 6) is -1.46. The SMILES string of the molecule is CCN1C=C(C(=O)O)C(=O)CC1c1ccc(N(C)C)c(C)c1. The van der Waals surface area contributed by atoms with E-state index < -0.39 is 5.97 Å². The van der Waals surface area contributed by atoms with Crippen LogP contribution in [-0.2, 0) is 9.59 Å². The number of benzene rings is 1. The fraction of sp³-hybridized carbons (Fsp3) is 0.412. The number of carbonyl (C=O) groups is 2. The molecule has 22 heavy (non-hydrogen) atoms. The minimum Gasteiger partial charge on any atom is -0.478 e. The second kappa shape index (κ2) is 6.22. The normalized spacial score (nSPS) is 18.2. The monoisotopic (exact) mass is 302 g/mol. The molecule has 118 valence electrons. The molecule has 1 atom stereocenters. The maximum atomic E-state index is 12.1. The summed E-state index contributed by atoms with van der Waals surface area (Å²) < 4.78 is 0. The van der Waals surface area contributed by atoms with Crippen molar-refractivity contribution in [1.82, 2.24) is 4.90 Å². The maximum Gasteiger partial charge on any atom is 0.340 e. The van der Waals surface area contributed by atoms with Gasteiger partial charge in [-0.2, -0.15) is 0 Å². The molecule has 0 spiro atoms. The fourth-order valence-corrected chi connectivity index (χ4v) is 2.91. The summed E-state index contributed by atoms with van der Waals surface area (Å²) in [6, 6.07) is 6.04. The van der Waals surface area contributed by atoms with Crippen molar-refractivity contribution in [3.8, 4) is 0 Å². The van der Waals surface area contributed by atoms with Crippen LogP contribution in [0.4, 0.5) is 5.69 Å². The number of ketones is 1. The highest BCUT2D eigenvalue weighted by Gasteiger charge is 2.31. The zero-order chi connectivity index (χ0) is 16.4. The van der Waals surface area contributed by atoms with Crippen LogP contribution < -0.4 is 4.90 Å². The van der Waals surface area contributed by atoms with Crippen molar-refractivity contribution < 1.29 is 14.7 Å². The number of carboxylic acids is 1. The Morgan fingerprint density at radius 2 is 2.09 bits per heavy atom. The highest BCUT2D eigenvalue weighted by Crippen LogP contribution is 2.33. The Hall–Kier alpha value is -2.30. The van der Waals surface area contributed by atoms with E-state index >= 15 is 0 Å². The van der Waals surface area contributed by atoms with Gasteiger partial charge in [0.25, 0.3) is 0 Å². The molecule has 0 fully saturated rings. The summed E-state index contributed by atoms with van der Waals surface area (Å²) in [6.07, 6.45) is 1.68. The number of anilines is 1. The van der Waals surface area contributed by atoms with Crippen LogP contribution in [0, 0.1) is 6.92 Å². The van der Waals surface area contributed by atoms with Crippen LogP contribution in [0.15, 0.2) is 30.0 Å². The lowest BCUT2D eigenvalue weighted by atomic mass is 9.92. The standard InChI is InChI=1S/C17H22N2O3/c1-5-19-10-13(17(21)22)16(20)9-15(19)12-6-7-14(18(3)4)11(2)8-12/h6-8,10,15H,5,9H2,1-4H3,(H,21,22). The average molecular weight is 302 g/mol. The first-order valence-corrected chi connectivity index (χ1v) is 7.37. The lowest BCUT2D eigenvalue weighted by molar-refractivity contribution is -0.135. The Kier molecular flexibility index (Phi) is 4.54. The van der Waals surface area contributed by atoms with Crippen molar-refractivity contribution in [1.29, 1.82) is 0 Å². The molecule has 1 unspecified atom stereocenters. The van der Waals surface area contributed by atoms with Gasteiger partial charge in [0.1, 0.15) is 5.57 Å². The van der Waals surface area contributed by atoms with Crippen molar-refractivity contribution in [2.45, 2.75) is 26.3 Å². The second-order valence-electron chi connectivity index (χ2n) is 5.76. The smallest absolute Gasteiger partial charge is 0.340 e. The molecule has 0 radical (unpaired) electrons. The van der Waals surface area contributed by atoms with Crippen molar-refractivity contribution in [3.05, 3.63) is 41.1 Å². The summed E-state index contributed by atoms with van der Waals surface area (Å²) in [5, 5.41) is 9.10. The van der Waals surface area contributed by atoms with Crippen molar-refractivity contribution in [2.24, 2.45) is 0 Å². The van der Waals surface area contributed by atoms with Gasteiger partial charge in [-0.3, -0.25) is 4.79 Å². The molecule has 5 nitrogen and oxygen atoms in total. The molecule has 1 aliphatic heterocycles. The molecule has 1 aromatic rings. The number of carbonyl (C=O) groups excluding carboxylic acids is 1. The molecule has 0 bridgehead atoms. The van der Waals surface area contributed by atoms with Gasteiger partial charge in [0, 0.05) is 38.9 Å². The molecule has 0 saturated heterocycles. The summed E-state index contributed by atoms with van der Waals surface area (Å²) in [4.78, 5) is 27.2. The van der Waals surface area contributed by atoms with Gasteiger partial charge in [-0.15, -0.1) is 0 Å². The Balaban J connectivity index is 2.38. The summed E-state index contributed by atoms with van der Waals surface area (Å²) >= 11 is 0. The van der Waals surface area contributed by atoms with E-state index in [1.165, 1.54) is 6.20 Å². The zero-order valence-corrected chi connectivity index (χ0v) is 13.5. The van der Waals surface area contributed by atoms with Gasteiger partial charge in [0.15, 0.2) is 5.78 Å². The van der Waals surface area contributed by atoms with E-state index in [1.54, 1.807) is 0 Å². The highest BCUT2D eigenvalue weighted by atomic mass is 16.4. The zero-order valence-electron chi connectivity index (χ0n) is 13.5. The molecule has 1 N–H and O–H groups in total. The molecule has 0 saturated carbocycles. The van der Waals surface area contributed by atoms with Gasteiger partial charge in [-0.05, 0) is 31.0 Å². The topological polar surface area (TPSA) is 60.9 Å². The number of Topliss-reactive ketones (excluding diaryl/α,β-unsaturated/α-hetero) is 1. The highest BCUT2D eigenvalue weighted by molar-refractivity contribution is 6.17. The van der Waals surface area contributed by atoms with Crippen LogP contribution in [0.3, 0.4) is 0 Å². The summed E-state index contributed by atoms with van der Waals surface area (Å²) in [6.45, 7) is 4.65. The van der Waals surface area contributed by atoms with Gasteiger partial charge >= 0.3 is 5.97 Å². The number of nitrogens with zero attached hydrogens (tertiary/aromatic N) is 2. The van der Waals surface area contributed by atoms with Crippen LogP contribution in [0.1, 0.15) is 30.5 Å². The molecular formula is C17H22N2O3. The third-order valence-corrected chi connectivity index (χ3v) is 4.06. The molecule has 0 aromatic heterocycles. The fourth-order valence-electron chi connectivity index (χ4n) is 2.91. The van der Waals surface area contributed by atoms with Gasteiger partial charge in [-0.1, -0.05) is 12.1 Å². The quantitative estimate of drug-likeness (QED) is 0.865. The van der Waals surface area contributed by atoms with E-state index in [4.69, 9.17) is 5.11 Å². The van der Waals surface area contributed by atoms with Gasteiger partial charge in [0.05, 0.1) is 6.04 Å². The van der Waals surface area contributed by atoms with E-state index in [0.717, 1.165) is 16.8 Å². The third-order valence-electron chi connectivity index (χ3n) is 4.06. The molecule has 2 rings (SSSR count). The van der Waals surface area contributed by atoms with Crippen LogP contribution >= 0.6 is 0 Å². The van der Waals surface area contributed by atoms with Crippen LogP contribution in [-0.4, -0.2) is 42.4 Å². The molecule has 1 aromatic carbocycles. The Morgan fingerprint density at radius 1 is 1.41 bits per heavy atom. The third kappa shape index (κ3) is 2.98. The Morgan fingerprint density at radius 3 is 2.59 bits per heavy atom. The van der Waals surface area contributed by atoms with Crippen LogP contribution in [0.2, 0.25) is 0 Å². The van der Waals surface area contributed by atoms with Crippen LogP contribution in [0.25, 0.3) is 0 Å². The number of hydrogen-bond donors (Lipinski definition) is 1. The number of rotatable bonds is 4. The predicted molar refractivity (Wildman–Crippen MR) is 86.0 cm³/mol. The Labute approximate surface area is 130 Å². The minimum atomic E-state index is -1.15. The molecule has 1 heterocycles. The van der Waals surface area contributed by atoms with Gasteiger partial charge < -0.3 is 14.9 Å². The number of hydrogen-bond acceptors (Lipinski definition) is 4. The van der Waals surface area contributed by atoms with Crippen molar-refractivity contribution in [3.63, 3.8) is 0 Å². The molecule has 1 aliphatic rings. The molecule has 0 amide bonds. The van der Waals surface area contributed by atoms with Gasteiger partial charge in [-0.25, -0.2) is 4.79 Å². The largest absolute Gasteiger partial charge is 0.478 e. The Bertz CT molecular complexity index is 635. The van der Waals surface area contributed by atoms with E-state index in [-0.39, 0.29) is 23.8 Å². The number of aryl methyl sites for hydroxylation is 1. The van der Waals surface area contributed by atoms with E-state index in [2.05, 4.69) is 6.07 Å². The lowest BCUT2D eigenvalue weighted by Gasteiger charge is -2.34. The van der Waals surface area contributed by atoms with Gasteiger partial charge in [0.2, 0.25) is 0 Å². The second-order valence-corrected chi connectivity index (χ2v) is 5.76. The molecule has 0 aliphatic carbocycles. The summed E-state index contributed by atoms with van der Waals surface area (Å²) in [5.41, 5.74) is 3.19. The van der Waals surface area contributed by atoms with Crippen molar-refractivity contribution >= 4 is 17.4 Å².